The molecule has 0 spiro atoms. The van der Waals surface area contributed by atoms with Crippen molar-refractivity contribution in [3.8, 4) is 11.5 Å². The monoisotopic (exact) mass is 309 g/mol. The number of nitrogens with one attached hydrogen (secondary N) is 1. The van der Waals surface area contributed by atoms with Crippen molar-refractivity contribution in [3.63, 3.8) is 0 Å². The molecule has 21 heavy (non-hydrogen) atoms. The van der Waals surface area contributed by atoms with Crippen LogP contribution in [-0.2, 0) is 6.54 Å². The molecule has 3 N–H and O–H groups in total. The van der Waals surface area contributed by atoms with Crippen LogP contribution in [0.25, 0.3) is 0 Å². The fraction of sp³-hybridized carbons (Fsp3) is 0.250. The molecular weight excluding hydrogens is 290 g/mol. The molecule has 0 aromatic heterocycles. The maximum absolute atomic E-state index is 10.0. The van der Waals surface area contributed by atoms with Gasteiger partial charge < -0.3 is 20.3 Å². The van der Waals surface area contributed by atoms with Crippen LogP contribution in [0.1, 0.15) is 17.2 Å². The Morgan fingerprint density at radius 1 is 1.14 bits per heavy atom. The molecule has 0 aliphatic rings. The van der Waals surface area contributed by atoms with Gasteiger partial charge in [-0.25, -0.2) is 0 Å². The minimum atomic E-state index is -0.639. The molecule has 0 saturated heterocycles. The van der Waals surface area contributed by atoms with E-state index in [0.717, 1.165) is 11.3 Å². The molecule has 2 aromatic rings. The van der Waals surface area contributed by atoms with Gasteiger partial charge in [0, 0.05) is 13.1 Å². The molecule has 1 atom stereocenters. The van der Waals surface area contributed by atoms with Gasteiger partial charge in [-0.15, -0.1) is 12.4 Å². The van der Waals surface area contributed by atoms with Gasteiger partial charge in [0.15, 0.2) is 0 Å². The summed E-state index contributed by atoms with van der Waals surface area (Å²) >= 11 is 0. The van der Waals surface area contributed by atoms with Crippen LogP contribution in [0.4, 0.5) is 0 Å². The van der Waals surface area contributed by atoms with Gasteiger partial charge in [0.1, 0.15) is 11.5 Å². The van der Waals surface area contributed by atoms with Gasteiger partial charge in [-0.1, -0.05) is 24.3 Å². The summed E-state index contributed by atoms with van der Waals surface area (Å²) in [7, 11) is 1.64. The third kappa shape index (κ3) is 5.27. The molecule has 5 heteroatoms. The third-order valence-corrected chi connectivity index (χ3v) is 3.08. The van der Waals surface area contributed by atoms with E-state index in [4.69, 9.17) is 4.74 Å². The highest BCUT2D eigenvalue weighted by molar-refractivity contribution is 5.85. The van der Waals surface area contributed by atoms with E-state index in [0.29, 0.717) is 18.7 Å². The van der Waals surface area contributed by atoms with Crippen molar-refractivity contribution in [2.24, 2.45) is 0 Å². The van der Waals surface area contributed by atoms with Crippen molar-refractivity contribution < 1.29 is 14.9 Å². The summed E-state index contributed by atoms with van der Waals surface area (Å²) < 4.78 is 5.10. The first-order valence-electron chi connectivity index (χ1n) is 6.49. The van der Waals surface area contributed by atoms with Gasteiger partial charge in [0.25, 0.3) is 0 Å². The van der Waals surface area contributed by atoms with Crippen molar-refractivity contribution in [2.45, 2.75) is 12.6 Å². The summed E-state index contributed by atoms with van der Waals surface area (Å²) in [4.78, 5) is 0. The van der Waals surface area contributed by atoms with Crippen LogP contribution in [-0.4, -0.2) is 23.9 Å². The Bertz CT molecular complexity index is 545. The quantitative estimate of drug-likeness (QED) is 0.767. The maximum atomic E-state index is 10.0. The zero-order valence-corrected chi connectivity index (χ0v) is 12.6. The molecule has 2 aromatic carbocycles. The van der Waals surface area contributed by atoms with Gasteiger partial charge in [-0.3, -0.25) is 0 Å². The zero-order valence-electron chi connectivity index (χ0n) is 11.8. The van der Waals surface area contributed by atoms with Gasteiger partial charge in [-0.05, 0) is 35.4 Å². The third-order valence-electron chi connectivity index (χ3n) is 3.08. The first kappa shape index (κ1) is 17.3. The number of halogens is 1. The Morgan fingerprint density at radius 3 is 2.48 bits per heavy atom. The SMILES string of the molecule is COc1ccc(CNCC(O)c2cccc(O)c2)cc1.Cl. The lowest BCUT2D eigenvalue weighted by Crippen LogP contribution is -2.21. The van der Waals surface area contributed by atoms with E-state index < -0.39 is 6.10 Å². The zero-order chi connectivity index (χ0) is 14.4. The highest BCUT2D eigenvalue weighted by Crippen LogP contribution is 2.17. The van der Waals surface area contributed by atoms with Gasteiger partial charge in [-0.2, -0.15) is 0 Å². The van der Waals surface area contributed by atoms with E-state index in [1.54, 1.807) is 31.4 Å². The first-order valence-corrected chi connectivity index (χ1v) is 6.49. The molecule has 0 bridgehead atoms. The Labute approximate surface area is 130 Å². The molecule has 2 rings (SSSR count). The van der Waals surface area contributed by atoms with Crippen molar-refractivity contribution in [3.05, 3.63) is 59.7 Å². The number of aliphatic hydroxyl groups is 1. The maximum Gasteiger partial charge on any atom is 0.118 e. The van der Waals surface area contributed by atoms with E-state index in [2.05, 4.69) is 5.32 Å². The fourth-order valence-electron chi connectivity index (χ4n) is 1.95. The van der Waals surface area contributed by atoms with Crippen LogP contribution >= 0.6 is 12.4 Å². The number of ether oxygens (including phenoxy) is 1. The molecule has 0 fully saturated rings. The molecule has 0 saturated carbocycles. The molecule has 0 heterocycles. The lowest BCUT2D eigenvalue weighted by molar-refractivity contribution is 0.174. The number of benzene rings is 2. The lowest BCUT2D eigenvalue weighted by Gasteiger charge is -2.12. The average Bonchev–Trinajstić information content (AvgIpc) is 2.48. The molecule has 0 aliphatic heterocycles. The number of methoxy groups -OCH3 is 1. The second kappa shape index (κ2) is 8.52. The predicted molar refractivity (Wildman–Crippen MR) is 85.0 cm³/mol. The van der Waals surface area contributed by atoms with Crippen LogP contribution in [0.15, 0.2) is 48.5 Å². The number of phenols is 1. The smallest absolute Gasteiger partial charge is 0.118 e. The normalized spacial score (nSPS) is 11.5. The average molecular weight is 310 g/mol. The number of hydrogen-bond acceptors (Lipinski definition) is 4. The fourth-order valence-corrected chi connectivity index (χ4v) is 1.95. The number of phenolic OH excluding ortho intramolecular Hbond substituents is 1. The highest BCUT2D eigenvalue weighted by Gasteiger charge is 2.07. The summed E-state index contributed by atoms with van der Waals surface area (Å²) in [6.07, 6.45) is -0.639. The van der Waals surface area contributed by atoms with Crippen molar-refractivity contribution >= 4 is 12.4 Å². The lowest BCUT2D eigenvalue weighted by atomic mass is 10.1. The molecule has 114 valence electrons. The molecule has 0 radical (unpaired) electrons. The van der Waals surface area contributed by atoms with Crippen LogP contribution in [0.3, 0.4) is 0 Å². The Balaban J connectivity index is 0.00000220. The number of aliphatic hydroxyl groups excluding tert-OH is 1. The van der Waals surface area contributed by atoms with Gasteiger partial charge in [0.05, 0.1) is 13.2 Å². The van der Waals surface area contributed by atoms with Gasteiger partial charge >= 0.3 is 0 Å². The number of hydrogen-bond donors (Lipinski definition) is 3. The van der Waals surface area contributed by atoms with E-state index in [9.17, 15) is 10.2 Å². The van der Waals surface area contributed by atoms with E-state index in [1.165, 1.54) is 0 Å². The number of rotatable bonds is 6. The number of aromatic hydroxyl groups is 1. The van der Waals surface area contributed by atoms with E-state index >= 15 is 0 Å². The Morgan fingerprint density at radius 2 is 1.86 bits per heavy atom. The van der Waals surface area contributed by atoms with Crippen molar-refractivity contribution in [1.29, 1.82) is 0 Å². The van der Waals surface area contributed by atoms with Crippen LogP contribution < -0.4 is 10.1 Å². The topological polar surface area (TPSA) is 61.7 Å². The molecule has 0 amide bonds. The van der Waals surface area contributed by atoms with Crippen LogP contribution in [0, 0.1) is 0 Å². The Kier molecular flexibility index (Phi) is 7.02. The molecule has 1 unspecified atom stereocenters. The van der Waals surface area contributed by atoms with Crippen LogP contribution in [0.5, 0.6) is 11.5 Å². The first-order chi connectivity index (χ1) is 9.69. The van der Waals surface area contributed by atoms with Crippen molar-refractivity contribution in [2.75, 3.05) is 13.7 Å². The second-order valence-corrected chi connectivity index (χ2v) is 4.59. The molecule has 0 aliphatic carbocycles. The largest absolute Gasteiger partial charge is 0.508 e. The second-order valence-electron chi connectivity index (χ2n) is 4.59. The minimum Gasteiger partial charge on any atom is -0.508 e. The minimum absolute atomic E-state index is 0. The van der Waals surface area contributed by atoms with E-state index in [1.807, 2.05) is 24.3 Å². The molecular formula is C16H20ClNO3. The molecule has 4 nitrogen and oxygen atoms in total. The summed E-state index contributed by atoms with van der Waals surface area (Å²) in [6, 6.07) is 14.4. The van der Waals surface area contributed by atoms with Gasteiger partial charge in [0.2, 0.25) is 0 Å². The predicted octanol–water partition coefficient (Wildman–Crippen LogP) is 2.65. The summed E-state index contributed by atoms with van der Waals surface area (Å²) in [5.74, 6) is 0.991. The summed E-state index contributed by atoms with van der Waals surface area (Å²) in [5, 5.41) is 22.6. The highest BCUT2D eigenvalue weighted by atomic mass is 35.5. The van der Waals surface area contributed by atoms with Crippen molar-refractivity contribution in [1.82, 2.24) is 5.32 Å². The summed E-state index contributed by atoms with van der Waals surface area (Å²) in [6.45, 7) is 1.09. The summed E-state index contributed by atoms with van der Waals surface area (Å²) in [5.41, 5.74) is 1.82. The van der Waals surface area contributed by atoms with E-state index in [-0.39, 0.29) is 18.2 Å². The van der Waals surface area contributed by atoms with Crippen LogP contribution in [0.2, 0.25) is 0 Å². The Hall–Kier alpha value is -1.75. The standard InChI is InChI=1S/C16H19NO3.ClH/c1-20-15-7-5-12(6-8-15)10-17-11-16(19)13-3-2-4-14(18)9-13;/h2-9,16-19H,10-11H2,1H3;1H.